The Balaban J connectivity index is 0.000000175. The van der Waals surface area contributed by atoms with Gasteiger partial charge in [-0.05, 0) is 361 Å². The maximum absolute atomic E-state index is 2.52. The molecule has 4 heteroatoms. The SMILES string of the molecule is CC(C)(c1ccccc1)c1ccc(N(c2ccc(C3CCCCC3)cc2)c2cc3c4ccccc4c(N(c4ccc(C5CCCCC5)cc4)c4ccc(C(C)(C)c5ccccc5)cc4)cc3c3ccccc23)cc1.CCCCCCc1ccc(-c2ccc(N(c3ccc(C)c(C)c3)c3cc4c5ccc(C(C)(C)C)cc5c(N(c5ccc(-c6ccc(CCCCCC)cc6)cc5)c5ccc(C)c(C)c5)cc4c4ccccc34)cc2)cc1. The predicted octanol–water partition coefficient (Wildman–Crippen LogP) is 43.0. The number of unbranched alkanes of at least 4 members (excludes halogenated alkanes) is 6. The zero-order valence-electron chi connectivity index (χ0n) is 90.8. The number of hydrogen-bond donors (Lipinski definition) is 0. The molecular weight excluding hydrogens is 1810 g/mol. The summed E-state index contributed by atoms with van der Waals surface area (Å²) in [6.45, 7) is 29.8. The fourth-order valence-corrected chi connectivity index (χ4v) is 24.1. The van der Waals surface area contributed by atoms with Crippen LogP contribution in [0, 0.1) is 27.7 Å². The van der Waals surface area contributed by atoms with Crippen LogP contribution >= 0.6 is 0 Å². The second-order valence-corrected chi connectivity index (χ2v) is 45.3. The Bertz CT molecular complexity index is 7860. The molecule has 150 heavy (non-hydrogen) atoms. The predicted molar refractivity (Wildman–Crippen MR) is 650 cm³/mol. The monoisotopic (exact) mass is 1960 g/mol. The Morgan fingerprint density at radius 1 is 0.207 bits per heavy atom. The van der Waals surface area contributed by atoms with Crippen molar-refractivity contribution in [1.29, 1.82) is 0 Å². The molecule has 2 aliphatic rings. The molecule has 0 aliphatic heterocycles. The lowest BCUT2D eigenvalue weighted by Gasteiger charge is -2.31. The van der Waals surface area contributed by atoms with E-state index in [4.69, 9.17) is 0 Å². The molecule has 0 atom stereocenters. The van der Waals surface area contributed by atoms with Crippen LogP contribution in [-0.4, -0.2) is 0 Å². The van der Waals surface area contributed by atoms with Crippen molar-refractivity contribution in [2.75, 3.05) is 19.6 Å². The molecule has 0 amide bonds. The second-order valence-electron chi connectivity index (χ2n) is 45.3. The van der Waals surface area contributed by atoms with Gasteiger partial charge in [-0.25, -0.2) is 0 Å². The van der Waals surface area contributed by atoms with Gasteiger partial charge in [0, 0.05) is 77.9 Å². The summed E-state index contributed by atoms with van der Waals surface area (Å²) in [5, 5.41) is 14.8. The fourth-order valence-electron chi connectivity index (χ4n) is 24.1. The van der Waals surface area contributed by atoms with Gasteiger partial charge in [0.05, 0.1) is 22.7 Å². The Hall–Kier alpha value is -14.8. The minimum atomic E-state index is -0.148. The van der Waals surface area contributed by atoms with Gasteiger partial charge in [0.2, 0.25) is 0 Å². The third kappa shape index (κ3) is 21.2. The first-order valence-electron chi connectivity index (χ1n) is 56.2. The molecule has 20 aromatic rings. The molecule has 22 rings (SSSR count). The van der Waals surface area contributed by atoms with Crippen molar-refractivity contribution in [3.05, 3.63) is 479 Å². The zero-order chi connectivity index (χ0) is 103. The zero-order valence-corrected chi connectivity index (χ0v) is 90.8. The van der Waals surface area contributed by atoms with Gasteiger partial charge in [-0.15, -0.1) is 0 Å². The summed E-state index contributed by atoms with van der Waals surface area (Å²) >= 11 is 0. The van der Waals surface area contributed by atoms with E-state index in [0.717, 1.165) is 52.7 Å². The summed E-state index contributed by atoms with van der Waals surface area (Å²) in [5.74, 6) is 1.28. The number of aryl methyl sites for hydroxylation is 6. The van der Waals surface area contributed by atoms with Gasteiger partial charge in [0.25, 0.3) is 0 Å². The summed E-state index contributed by atoms with van der Waals surface area (Å²) in [4.78, 5) is 10.0. The van der Waals surface area contributed by atoms with Crippen LogP contribution in [0.15, 0.2) is 406 Å². The van der Waals surface area contributed by atoms with Gasteiger partial charge in [0.1, 0.15) is 0 Å². The van der Waals surface area contributed by atoms with Crippen LogP contribution in [0.4, 0.5) is 68.2 Å². The molecular formula is C146H148N4. The summed E-state index contributed by atoms with van der Waals surface area (Å²) in [5.41, 5.74) is 35.9. The molecule has 0 aromatic heterocycles. The molecule has 0 heterocycles. The van der Waals surface area contributed by atoms with E-state index < -0.39 is 0 Å². The first-order valence-corrected chi connectivity index (χ1v) is 56.2. The number of nitrogens with zero attached hydrogens (tertiary/aromatic N) is 4. The van der Waals surface area contributed by atoms with Crippen LogP contribution in [0.2, 0.25) is 0 Å². The molecule has 4 nitrogen and oxygen atoms in total. The molecule has 0 unspecified atom stereocenters. The molecule has 0 bridgehead atoms. The van der Waals surface area contributed by atoms with E-state index in [1.54, 1.807) is 0 Å². The van der Waals surface area contributed by atoms with E-state index >= 15 is 0 Å². The lowest BCUT2D eigenvalue weighted by Crippen LogP contribution is -2.19. The summed E-state index contributed by atoms with van der Waals surface area (Å²) in [7, 11) is 0. The summed E-state index contributed by atoms with van der Waals surface area (Å²) < 4.78 is 0. The Kier molecular flexibility index (Phi) is 30.0. The van der Waals surface area contributed by atoms with Crippen molar-refractivity contribution in [2.24, 2.45) is 0 Å². The van der Waals surface area contributed by atoms with Crippen LogP contribution in [-0.2, 0) is 29.1 Å². The average Bonchev–Trinajstić information content (AvgIpc) is 0.721. The lowest BCUT2D eigenvalue weighted by molar-refractivity contribution is 0.443. The van der Waals surface area contributed by atoms with Crippen molar-refractivity contribution in [2.45, 2.75) is 247 Å². The van der Waals surface area contributed by atoms with E-state index in [2.05, 4.69) is 516 Å². The van der Waals surface area contributed by atoms with E-state index in [1.807, 2.05) is 0 Å². The molecule has 20 aromatic carbocycles. The van der Waals surface area contributed by atoms with E-state index in [1.165, 1.54) is 303 Å². The van der Waals surface area contributed by atoms with Crippen LogP contribution in [0.5, 0.6) is 0 Å². The topological polar surface area (TPSA) is 13.0 Å². The first-order chi connectivity index (χ1) is 73.1. The molecule has 0 spiro atoms. The van der Waals surface area contributed by atoms with Gasteiger partial charge in [-0.1, -0.05) is 418 Å². The highest BCUT2D eigenvalue weighted by atomic mass is 15.2. The van der Waals surface area contributed by atoms with Gasteiger partial charge in [-0.2, -0.15) is 0 Å². The summed E-state index contributed by atoms with van der Waals surface area (Å²) in [6, 6.07) is 155. The summed E-state index contributed by atoms with van der Waals surface area (Å²) in [6.07, 6.45) is 25.7. The fraction of sp³-hybridized carbons (Fsp3) is 0.260. The number of hydrogen-bond acceptors (Lipinski definition) is 4. The van der Waals surface area contributed by atoms with Crippen LogP contribution in [0.25, 0.3) is 86.9 Å². The molecule has 0 radical (unpaired) electrons. The van der Waals surface area contributed by atoms with E-state index in [0.29, 0.717) is 11.8 Å². The van der Waals surface area contributed by atoms with Crippen molar-refractivity contribution >= 4 is 133 Å². The van der Waals surface area contributed by atoms with Crippen LogP contribution in [0.1, 0.15) is 262 Å². The minimum Gasteiger partial charge on any atom is -0.310 e. The molecule has 752 valence electrons. The second kappa shape index (κ2) is 44.5. The van der Waals surface area contributed by atoms with Gasteiger partial charge >= 0.3 is 0 Å². The molecule has 0 N–H and O–H groups in total. The van der Waals surface area contributed by atoms with Crippen molar-refractivity contribution < 1.29 is 0 Å². The maximum Gasteiger partial charge on any atom is 0.0546 e. The molecule has 2 saturated carbocycles. The molecule has 0 saturated heterocycles. The average molecular weight is 1960 g/mol. The highest BCUT2D eigenvalue weighted by Crippen LogP contribution is 2.54. The van der Waals surface area contributed by atoms with Gasteiger partial charge < -0.3 is 19.6 Å². The quantitative estimate of drug-likeness (QED) is 0.0329. The van der Waals surface area contributed by atoms with Crippen LogP contribution in [0.3, 0.4) is 0 Å². The number of benzene rings is 20. The highest BCUT2D eigenvalue weighted by Gasteiger charge is 2.32. The standard InChI is InChI=1S/C74H78N2.C72H70N2/c1-10-12-14-16-20-55-26-30-57(31-27-55)59-34-41-62(42-35-59)75(64-39-24-51(3)53(5)46-64)72-49-70-67-45-38-61(74(7,8)9)48-71(67)73(50-69(70)66-22-18-19-23-68(66)72)76(65-40-25-52(4)54(6)47-65)63-43-36-60(37-44-63)58-32-28-56(29-33-58)21-17-15-13-11-2;1-71(2,55-25-13-7-14-26-55)57-37-45-61(46-38-57)73(59-41-33-53(34-42-59)51-21-9-5-10-22-51)69-49-67-64-30-18-20-32-66(64)70(50-68(67)63-29-17-19-31-65(63)69)74(60-43-35-54(36-44-60)52-23-11-6-12-24-52)62-47-39-58(40-48-62)72(3,4)56-27-15-8-16-28-56/h18-19,22-50H,10-17,20-21H2,1-9H3;7-8,13-20,25-52H,5-6,9-12,21-24H2,1-4H3. The Morgan fingerprint density at radius 2 is 0.473 bits per heavy atom. The molecule has 2 aliphatic carbocycles. The van der Waals surface area contributed by atoms with Gasteiger partial charge in [0.15, 0.2) is 0 Å². The van der Waals surface area contributed by atoms with Crippen molar-refractivity contribution in [3.63, 3.8) is 0 Å². The van der Waals surface area contributed by atoms with E-state index in [-0.39, 0.29) is 16.2 Å². The lowest BCUT2D eigenvalue weighted by atomic mass is 9.78. The first kappa shape index (κ1) is 101. The minimum absolute atomic E-state index is 0.0600. The van der Waals surface area contributed by atoms with E-state index in [9.17, 15) is 0 Å². The largest absolute Gasteiger partial charge is 0.310 e. The Labute approximate surface area is 893 Å². The maximum atomic E-state index is 2.52. The van der Waals surface area contributed by atoms with Crippen molar-refractivity contribution in [1.82, 2.24) is 0 Å². The number of rotatable bonds is 30. The third-order valence-corrected chi connectivity index (χ3v) is 33.7. The van der Waals surface area contributed by atoms with Crippen molar-refractivity contribution in [3.8, 4) is 22.3 Å². The number of fused-ring (bicyclic) bond motifs is 10. The smallest absolute Gasteiger partial charge is 0.0546 e. The normalized spacial score (nSPS) is 13.3. The number of anilines is 12. The molecule has 2 fully saturated rings. The third-order valence-electron chi connectivity index (χ3n) is 33.7. The Morgan fingerprint density at radius 3 is 0.793 bits per heavy atom. The van der Waals surface area contributed by atoms with Gasteiger partial charge in [-0.3, -0.25) is 0 Å². The van der Waals surface area contributed by atoms with Crippen LogP contribution < -0.4 is 19.6 Å². The highest BCUT2D eigenvalue weighted by molar-refractivity contribution is 6.26.